The van der Waals surface area contributed by atoms with E-state index in [1.54, 1.807) is 36.5 Å². The van der Waals surface area contributed by atoms with Crippen LogP contribution in [0.25, 0.3) is 0 Å². The van der Waals surface area contributed by atoms with Crippen LogP contribution in [0.1, 0.15) is 10.4 Å². The van der Waals surface area contributed by atoms with Gasteiger partial charge in [-0.15, -0.1) is 6.58 Å². The van der Waals surface area contributed by atoms with Gasteiger partial charge in [0.2, 0.25) is 0 Å². The highest BCUT2D eigenvalue weighted by Crippen LogP contribution is 2.32. The maximum atomic E-state index is 12.3. The van der Waals surface area contributed by atoms with Crippen molar-refractivity contribution in [2.45, 2.75) is 0 Å². The summed E-state index contributed by atoms with van der Waals surface area (Å²) in [5, 5.41) is 5.93. The fourth-order valence-corrected chi connectivity index (χ4v) is 2.18. The highest BCUT2D eigenvalue weighted by atomic mass is 16.6. The van der Waals surface area contributed by atoms with Crippen molar-refractivity contribution >= 4 is 17.3 Å². The molecule has 0 atom stereocenters. The van der Waals surface area contributed by atoms with E-state index >= 15 is 0 Å². The molecule has 1 aliphatic heterocycles. The topological polar surface area (TPSA) is 72.5 Å². The summed E-state index contributed by atoms with van der Waals surface area (Å²) in [6.07, 6.45) is 4.92. The zero-order valence-electron chi connectivity index (χ0n) is 12.5. The quantitative estimate of drug-likeness (QED) is 0.831. The van der Waals surface area contributed by atoms with Crippen molar-refractivity contribution < 1.29 is 14.3 Å². The lowest BCUT2D eigenvalue weighted by Crippen LogP contribution is -2.16. The number of nitrogens with zero attached hydrogens (tertiary/aromatic N) is 1. The number of aromatic nitrogens is 1. The minimum absolute atomic E-state index is 0.239. The molecule has 0 bridgehead atoms. The predicted octanol–water partition coefficient (Wildman–Crippen LogP) is 2.70. The van der Waals surface area contributed by atoms with Gasteiger partial charge in [-0.1, -0.05) is 6.08 Å². The van der Waals surface area contributed by atoms with Crippen LogP contribution in [0, 0.1) is 0 Å². The molecule has 0 radical (unpaired) electrons. The van der Waals surface area contributed by atoms with Crippen LogP contribution >= 0.6 is 0 Å². The number of hydrogen-bond donors (Lipinski definition) is 2. The van der Waals surface area contributed by atoms with Gasteiger partial charge in [0, 0.05) is 30.7 Å². The van der Waals surface area contributed by atoms with Crippen molar-refractivity contribution in [3.63, 3.8) is 0 Å². The van der Waals surface area contributed by atoms with E-state index in [-0.39, 0.29) is 5.91 Å². The lowest BCUT2D eigenvalue weighted by Gasteiger charge is -2.19. The number of hydrogen-bond acceptors (Lipinski definition) is 5. The van der Waals surface area contributed by atoms with Crippen LogP contribution in [0.3, 0.4) is 0 Å². The number of rotatable bonds is 5. The first-order chi connectivity index (χ1) is 11.3. The van der Waals surface area contributed by atoms with E-state index in [9.17, 15) is 4.79 Å². The summed E-state index contributed by atoms with van der Waals surface area (Å²) in [7, 11) is 0. The molecule has 1 aromatic carbocycles. The second-order valence-electron chi connectivity index (χ2n) is 4.94. The summed E-state index contributed by atoms with van der Waals surface area (Å²) in [5.74, 6) is 1.08. The second kappa shape index (κ2) is 6.83. The number of ether oxygens (including phenoxy) is 2. The molecular formula is C17H17N3O3. The summed E-state index contributed by atoms with van der Waals surface area (Å²) in [6, 6.07) is 7.05. The first kappa shape index (κ1) is 14.9. The normalized spacial score (nSPS) is 12.3. The van der Waals surface area contributed by atoms with Crippen LogP contribution in [-0.4, -0.2) is 30.6 Å². The Kier molecular flexibility index (Phi) is 4.42. The molecule has 0 fully saturated rings. The number of benzene rings is 1. The zero-order valence-corrected chi connectivity index (χ0v) is 12.5. The molecule has 0 saturated carbocycles. The summed E-state index contributed by atoms with van der Waals surface area (Å²) in [5.41, 5.74) is 1.87. The van der Waals surface area contributed by atoms with E-state index in [1.807, 2.05) is 0 Å². The van der Waals surface area contributed by atoms with E-state index in [0.717, 1.165) is 5.69 Å². The minimum Gasteiger partial charge on any atom is -0.486 e. The lowest BCUT2D eigenvalue weighted by molar-refractivity contribution is 0.102. The van der Waals surface area contributed by atoms with E-state index in [1.165, 1.54) is 6.20 Å². The van der Waals surface area contributed by atoms with Gasteiger partial charge in [-0.3, -0.25) is 9.78 Å². The van der Waals surface area contributed by atoms with Gasteiger partial charge in [-0.2, -0.15) is 0 Å². The van der Waals surface area contributed by atoms with Gasteiger partial charge in [-0.05, 0) is 18.2 Å². The van der Waals surface area contributed by atoms with Gasteiger partial charge in [-0.25, -0.2) is 0 Å². The largest absolute Gasteiger partial charge is 0.486 e. The molecule has 1 aromatic heterocycles. The van der Waals surface area contributed by atoms with E-state index in [4.69, 9.17) is 9.47 Å². The van der Waals surface area contributed by atoms with Crippen LogP contribution in [0.5, 0.6) is 11.5 Å². The van der Waals surface area contributed by atoms with E-state index in [2.05, 4.69) is 22.2 Å². The third-order valence-electron chi connectivity index (χ3n) is 3.25. The summed E-state index contributed by atoms with van der Waals surface area (Å²) >= 11 is 0. The molecule has 0 aliphatic carbocycles. The van der Waals surface area contributed by atoms with Crippen LogP contribution in [0.4, 0.5) is 11.4 Å². The molecule has 6 heteroatoms. The zero-order chi connectivity index (χ0) is 16.1. The molecule has 0 saturated heterocycles. The van der Waals surface area contributed by atoms with Crippen LogP contribution in [0.15, 0.2) is 49.3 Å². The Balaban J connectivity index is 1.72. The average Bonchev–Trinajstić information content (AvgIpc) is 2.60. The number of amides is 1. The van der Waals surface area contributed by atoms with Crippen LogP contribution in [-0.2, 0) is 0 Å². The smallest absolute Gasteiger partial charge is 0.257 e. The third kappa shape index (κ3) is 3.60. The molecule has 2 N–H and O–H groups in total. The number of carbonyl (C=O) groups is 1. The fourth-order valence-electron chi connectivity index (χ4n) is 2.18. The maximum Gasteiger partial charge on any atom is 0.257 e. The summed E-state index contributed by atoms with van der Waals surface area (Å²) in [4.78, 5) is 16.4. The highest BCUT2D eigenvalue weighted by molar-refractivity contribution is 6.04. The lowest BCUT2D eigenvalue weighted by atomic mass is 10.2. The minimum atomic E-state index is -0.239. The number of pyridine rings is 1. The van der Waals surface area contributed by atoms with Gasteiger partial charge < -0.3 is 20.1 Å². The number of fused-ring (bicyclic) bond motifs is 1. The van der Waals surface area contributed by atoms with Crippen molar-refractivity contribution in [1.82, 2.24) is 4.98 Å². The Morgan fingerprint density at radius 3 is 2.83 bits per heavy atom. The molecule has 2 aromatic rings. The Morgan fingerprint density at radius 1 is 1.17 bits per heavy atom. The molecule has 0 spiro atoms. The van der Waals surface area contributed by atoms with Crippen LogP contribution < -0.4 is 20.1 Å². The van der Waals surface area contributed by atoms with Crippen molar-refractivity contribution in [3.05, 3.63) is 54.9 Å². The molecule has 3 rings (SSSR count). The Bertz CT molecular complexity index is 731. The fraction of sp³-hybridized carbons (Fsp3) is 0.176. The SMILES string of the molecule is C=CCNc1cncc(C(=O)Nc2ccc3c(c2)OCCO3)c1. The first-order valence-electron chi connectivity index (χ1n) is 7.27. The Hall–Kier alpha value is -3.02. The van der Waals surface area contributed by atoms with Crippen molar-refractivity contribution in [2.75, 3.05) is 30.4 Å². The summed E-state index contributed by atoms with van der Waals surface area (Å²) < 4.78 is 11.0. The Labute approximate surface area is 134 Å². The number of nitrogens with one attached hydrogen (secondary N) is 2. The number of anilines is 2. The van der Waals surface area contributed by atoms with E-state index < -0.39 is 0 Å². The summed E-state index contributed by atoms with van der Waals surface area (Å²) in [6.45, 7) is 5.29. The monoisotopic (exact) mass is 311 g/mol. The Morgan fingerprint density at radius 2 is 2.00 bits per heavy atom. The molecular weight excluding hydrogens is 294 g/mol. The van der Waals surface area contributed by atoms with Crippen LogP contribution in [0.2, 0.25) is 0 Å². The maximum absolute atomic E-state index is 12.3. The first-order valence-corrected chi connectivity index (χ1v) is 7.27. The molecule has 1 amide bonds. The average molecular weight is 311 g/mol. The van der Waals surface area contributed by atoms with Gasteiger partial charge in [0.1, 0.15) is 13.2 Å². The third-order valence-corrected chi connectivity index (χ3v) is 3.25. The van der Waals surface area contributed by atoms with Crippen molar-refractivity contribution in [3.8, 4) is 11.5 Å². The number of carbonyl (C=O) groups excluding carboxylic acids is 1. The standard InChI is InChI=1S/C17H17N3O3/c1-2-5-19-14-8-12(10-18-11-14)17(21)20-13-3-4-15-16(9-13)23-7-6-22-15/h2-4,8-11,19H,1,5-7H2,(H,20,21). The molecule has 2 heterocycles. The van der Waals surface area contributed by atoms with Gasteiger partial charge in [0.25, 0.3) is 5.91 Å². The van der Waals surface area contributed by atoms with Crippen molar-refractivity contribution in [1.29, 1.82) is 0 Å². The van der Waals surface area contributed by atoms with Gasteiger partial charge in [0.15, 0.2) is 11.5 Å². The van der Waals surface area contributed by atoms with Gasteiger partial charge in [0.05, 0.1) is 11.3 Å². The van der Waals surface area contributed by atoms with Crippen molar-refractivity contribution in [2.24, 2.45) is 0 Å². The second-order valence-corrected chi connectivity index (χ2v) is 4.94. The molecule has 1 aliphatic rings. The predicted molar refractivity (Wildman–Crippen MR) is 88.3 cm³/mol. The molecule has 118 valence electrons. The molecule has 0 unspecified atom stereocenters. The van der Waals surface area contributed by atoms with E-state index in [0.29, 0.717) is 42.5 Å². The highest BCUT2D eigenvalue weighted by Gasteiger charge is 2.13. The van der Waals surface area contributed by atoms with Gasteiger partial charge >= 0.3 is 0 Å². The molecule has 6 nitrogen and oxygen atoms in total. The molecule has 23 heavy (non-hydrogen) atoms.